The molecule has 2 aromatic carbocycles. The van der Waals surface area contributed by atoms with E-state index in [4.69, 9.17) is 12.2 Å². The van der Waals surface area contributed by atoms with E-state index >= 15 is 0 Å². The van der Waals surface area contributed by atoms with E-state index in [1.165, 1.54) is 48.3 Å². The minimum absolute atomic E-state index is 0.658. The van der Waals surface area contributed by atoms with Gasteiger partial charge in [0.2, 0.25) is 0 Å². The van der Waals surface area contributed by atoms with E-state index in [0.717, 1.165) is 12.2 Å². The van der Waals surface area contributed by atoms with Gasteiger partial charge in [-0.25, -0.2) is 0 Å². The predicted molar refractivity (Wildman–Crippen MR) is 107 cm³/mol. The molecule has 2 aromatic rings. The van der Waals surface area contributed by atoms with Crippen molar-refractivity contribution in [1.82, 2.24) is 5.32 Å². The van der Waals surface area contributed by atoms with Crippen molar-refractivity contribution in [3.05, 3.63) is 59.2 Å². The van der Waals surface area contributed by atoms with Gasteiger partial charge in [0.05, 0.1) is 0 Å². The molecule has 1 aliphatic rings. The van der Waals surface area contributed by atoms with Crippen LogP contribution in [0.2, 0.25) is 0 Å². The van der Waals surface area contributed by atoms with Gasteiger partial charge in [0.1, 0.15) is 0 Å². The summed E-state index contributed by atoms with van der Waals surface area (Å²) in [6, 6.07) is 15.1. The fourth-order valence-corrected chi connectivity index (χ4v) is 3.28. The third kappa shape index (κ3) is 4.26. The van der Waals surface area contributed by atoms with Crippen LogP contribution < -0.4 is 15.5 Å². The number of nitrogens with one attached hydrogen (secondary N) is 2. The third-order valence-corrected chi connectivity index (χ3v) is 4.74. The van der Waals surface area contributed by atoms with Gasteiger partial charge in [-0.05, 0) is 68.2 Å². The Labute approximate surface area is 150 Å². The average molecular weight is 340 g/mol. The molecule has 1 saturated heterocycles. The second-order valence-electron chi connectivity index (χ2n) is 6.49. The molecule has 4 heteroatoms. The lowest BCUT2D eigenvalue weighted by atomic mass is 10.1. The van der Waals surface area contributed by atoms with E-state index in [0.29, 0.717) is 5.11 Å². The SMILES string of the molecule is Cc1ccc(NC(=S)NCc2ccc(N3CCCC3)cc2)c(C)c1. The van der Waals surface area contributed by atoms with Gasteiger partial charge in [0.15, 0.2) is 5.11 Å². The summed E-state index contributed by atoms with van der Waals surface area (Å²) < 4.78 is 0. The Bertz CT molecular complexity index is 703. The molecule has 0 saturated carbocycles. The maximum atomic E-state index is 5.41. The molecule has 1 aliphatic heterocycles. The zero-order valence-electron chi connectivity index (χ0n) is 14.4. The van der Waals surface area contributed by atoms with Crippen LogP contribution >= 0.6 is 12.2 Å². The maximum Gasteiger partial charge on any atom is 0.171 e. The fraction of sp³-hybridized carbons (Fsp3) is 0.350. The molecule has 3 rings (SSSR count). The number of thiocarbonyl (C=S) groups is 1. The summed E-state index contributed by atoms with van der Waals surface area (Å²) in [5.41, 5.74) is 6.08. The highest BCUT2D eigenvalue weighted by atomic mass is 32.1. The van der Waals surface area contributed by atoms with E-state index in [9.17, 15) is 0 Å². The van der Waals surface area contributed by atoms with Gasteiger partial charge in [-0.1, -0.05) is 29.8 Å². The number of aryl methyl sites for hydroxylation is 2. The quantitative estimate of drug-likeness (QED) is 0.808. The third-order valence-electron chi connectivity index (χ3n) is 4.49. The van der Waals surface area contributed by atoms with Crippen molar-refractivity contribution >= 4 is 28.7 Å². The van der Waals surface area contributed by atoms with Gasteiger partial charge >= 0.3 is 0 Å². The second kappa shape index (κ2) is 7.67. The Balaban J connectivity index is 1.52. The molecule has 3 nitrogen and oxygen atoms in total. The predicted octanol–water partition coefficient (Wildman–Crippen LogP) is 4.39. The van der Waals surface area contributed by atoms with Crippen molar-refractivity contribution in [2.45, 2.75) is 33.2 Å². The summed E-state index contributed by atoms with van der Waals surface area (Å²) in [7, 11) is 0. The number of benzene rings is 2. The van der Waals surface area contributed by atoms with Gasteiger partial charge in [-0.3, -0.25) is 0 Å². The van der Waals surface area contributed by atoms with Crippen LogP contribution in [-0.2, 0) is 6.54 Å². The molecule has 0 aliphatic carbocycles. The lowest BCUT2D eigenvalue weighted by Gasteiger charge is -2.18. The molecule has 1 fully saturated rings. The molecule has 0 unspecified atom stereocenters. The number of nitrogens with zero attached hydrogens (tertiary/aromatic N) is 1. The molecule has 1 heterocycles. The van der Waals surface area contributed by atoms with Crippen LogP contribution in [0.25, 0.3) is 0 Å². The van der Waals surface area contributed by atoms with E-state index < -0.39 is 0 Å². The minimum atomic E-state index is 0.658. The highest BCUT2D eigenvalue weighted by Crippen LogP contribution is 2.20. The summed E-state index contributed by atoms with van der Waals surface area (Å²) >= 11 is 5.41. The van der Waals surface area contributed by atoms with Crippen molar-refractivity contribution < 1.29 is 0 Å². The first-order valence-corrected chi connectivity index (χ1v) is 8.98. The molecule has 0 spiro atoms. The first-order chi connectivity index (χ1) is 11.6. The summed E-state index contributed by atoms with van der Waals surface area (Å²) in [5.74, 6) is 0. The highest BCUT2D eigenvalue weighted by Gasteiger charge is 2.11. The van der Waals surface area contributed by atoms with E-state index in [1.54, 1.807) is 0 Å². The second-order valence-corrected chi connectivity index (χ2v) is 6.89. The largest absolute Gasteiger partial charge is 0.372 e. The lowest BCUT2D eigenvalue weighted by Crippen LogP contribution is -2.28. The first kappa shape index (κ1) is 16.8. The average Bonchev–Trinajstić information content (AvgIpc) is 3.11. The van der Waals surface area contributed by atoms with Crippen LogP contribution in [0, 0.1) is 13.8 Å². The van der Waals surface area contributed by atoms with Crippen molar-refractivity contribution in [3.63, 3.8) is 0 Å². The lowest BCUT2D eigenvalue weighted by molar-refractivity contribution is 0.920. The zero-order valence-corrected chi connectivity index (χ0v) is 15.2. The van der Waals surface area contributed by atoms with Crippen LogP contribution in [0.1, 0.15) is 29.5 Å². The van der Waals surface area contributed by atoms with Gasteiger partial charge < -0.3 is 15.5 Å². The van der Waals surface area contributed by atoms with E-state index in [-0.39, 0.29) is 0 Å². The normalized spacial score (nSPS) is 13.8. The molecular weight excluding hydrogens is 314 g/mol. The summed E-state index contributed by atoms with van der Waals surface area (Å²) in [5, 5.41) is 7.22. The first-order valence-electron chi connectivity index (χ1n) is 8.58. The molecule has 0 bridgehead atoms. The fourth-order valence-electron chi connectivity index (χ4n) is 3.10. The van der Waals surface area contributed by atoms with Crippen LogP contribution in [0.5, 0.6) is 0 Å². The Morgan fingerprint density at radius 2 is 1.75 bits per heavy atom. The van der Waals surface area contributed by atoms with Crippen molar-refractivity contribution in [2.75, 3.05) is 23.3 Å². The van der Waals surface area contributed by atoms with Crippen LogP contribution in [-0.4, -0.2) is 18.2 Å². The topological polar surface area (TPSA) is 27.3 Å². The molecule has 126 valence electrons. The molecule has 2 N–H and O–H groups in total. The minimum Gasteiger partial charge on any atom is -0.372 e. The summed E-state index contributed by atoms with van der Waals surface area (Å²) in [4.78, 5) is 2.45. The number of rotatable bonds is 4. The monoisotopic (exact) mass is 339 g/mol. The van der Waals surface area contributed by atoms with Crippen molar-refractivity contribution in [1.29, 1.82) is 0 Å². The molecular formula is C20H25N3S. The van der Waals surface area contributed by atoms with Gasteiger partial charge in [-0.15, -0.1) is 0 Å². The summed E-state index contributed by atoms with van der Waals surface area (Å²) in [6.07, 6.45) is 2.61. The highest BCUT2D eigenvalue weighted by molar-refractivity contribution is 7.80. The van der Waals surface area contributed by atoms with Crippen molar-refractivity contribution in [2.24, 2.45) is 0 Å². The number of hydrogen-bond donors (Lipinski definition) is 2. The van der Waals surface area contributed by atoms with Crippen LogP contribution in [0.3, 0.4) is 0 Å². The van der Waals surface area contributed by atoms with Gasteiger partial charge in [0, 0.05) is 31.0 Å². The molecule has 0 atom stereocenters. The van der Waals surface area contributed by atoms with E-state index in [1.807, 2.05) is 0 Å². The van der Waals surface area contributed by atoms with Crippen LogP contribution in [0.15, 0.2) is 42.5 Å². The molecule has 0 aromatic heterocycles. The Hall–Kier alpha value is -2.07. The number of anilines is 2. The molecule has 0 radical (unpaired) electrons. The summed E-state index contributed by atoms with van der Waals surface area (Å²) in [6.45, 7) is 7.29. The Kier molecular flexibility index (Phi) is 5.36. The van der Waals surface area contributed by atoms with Crippen LogP contribution in [0.4, 0.5) is 11.4 Å². The standard InChI is InChI=1S/C20H25N3S/c1-15-5-10-19(16(2)13-15)22-20(24)21-14-17-6-8-18(9-7-17)23-11-3-4-12-23/h5-10,13H,3-4,11-12,14H2,1-2H3,(H2,21,22,24). The maximum absolute atomic E-state index is 5.41. The smallest absolute Gasteiger partial charge is 0.171 e. The Morgan fingerprint density at radius 1 is 1.04 bits per heavy atom. The number of hydrogen-bond acceptors (Lipinski definition) is 2. The van der Waals surface area contributed by atoms with Gasteiger partial charge in [-0.2, -0.15) is 0 Å². The molecule has 0 amide bonds. The Morgan fingerprint density at radius 3 is 2.42 bits per heavy atom. The van der Waals surface area contributed by atoms with Gasteiger partial charge in [0.25, 0.3) is 0 Å². The van der Waals surface area contributed by atoms with Crippen molar-refractivity contribution in [3.8, 4) is 0 Å². The zero-order chi connectivity index (χ0) is 16.9. The molecule has 24 heavy (non-hydrogen) atoms. The van der Waals surface area contributed by atoms with E-state index in [2.05, 4.69) is 71.8 Å².